The van der Waals surface area contributed by atoms with E-state index >= 15 is 0 Å². The molecule has 1 rings (SSSR count). The van der Waals surface area contributed by atoms with E-state index < -0.39 is 0 Å². The van der Waals surface area contributed by atoms with Crippen LogP contribution in [0.15, 0.2) is 0 Å². The van der Waals surface area contributed by atoms with E-state index in [1.165, 1.54) is 38.6 Å². The molecule has 2 heteroatoms. The molecule has 0 amide bonds. The average molecular weight is 185 g/mol. The Hall–Kier alpha value is -0.0800. The normalized spacial score (nSPS) is 18.9. The van der Waals surface area contributed by atoms with Crippen LogP contribution in [0.3, 0.4) is 0 Å². The van der Waals surface area contributed by atoms with Crippen molar-refractivity contribution in [3.05, 3.63) is 0 Å². The van der Waals surface area contributed by atoms with Crippen LogP contribution >= 0.6 is 0 Å². The van der Waals surface area contributed by atoms with Gasteiger partial charge in [0.05, 0.1) is 6.61 Å². The van der Waals surface area contributed by atoms with E-state index in [1.807, 2.05) is 0 Å². The van der Waals surface area contributed by atoms with E-state index in [1.54, 1.807) is 7.11 Å². The van der Waals surface area contributed by atoms with Crippen LogP contribution in [0, 0.1) is 5.92 Å². The molecule has 0 aromatic rings. The van der Waals surface area contributed by atoms with Gasteiger partial charge < -0.3 is 10.1 Å². The lowest BCUT2D eigenvalue weighted by Crippen LogP contribution is -2.33. The van der Waals surface area contributed by atoms with Crippen LogP contribution in [0.5, 0.6) is 0 Å². The monoisotopic (exact) mass is 185 g/mol. The van der Waals surface area contributed by atoms with Crippen LogP contribution in [0.2, 0.25) is 0 Å². The van der Waals surface area contributed by atoms with Crippen molar-refractivity contribution in [1.29, 1.82) is 0 Å². The van der Waals surface area contributed by atoms with Gasteiger partial charge in [0, 0.05) is 13.2 Å². The number of rotatable bonds is 8. The lowest BCUT2D eigenvalue weighted by atomic mass is 10.1. The third-order valence-corrected chi connectivity index (χ3v) is 2.69. The molecule has 0 aromatic carbocycles. The van der Waals surface area contributed by atoms with Gasteiger partial charge in [-0.3, -0.25) is 0 Å². The van der Waals surface area contributed by atoms with E-state index in [0.717, 1.165) is 12.5 Å². The minimum absolute atomic E-state index is 0.578. The second-order valence-electron chi connectivity index (χ2n) is 4.13. The SMILES string of the molecule is CCCC(COC)NCCC1CC1. The summed E-state index contributed by atoms with van der Waals surface area (Å²) < 4.78 is 5.17. The number of methoxy groups -OCH3 is 1. The van der Waals surface area contributed by atoms with Gasteiger partial charge in [-0.1, -0.05) is 26.2 Å². The number of ether oxygens (including phenoxy) is 1. The minimum Gasteiger partial charge on any atom is -0.383 e. The first-order chi connectivity index (χ1) is 6.36. The molecule has 0 radical (unpaired) electrons. The molecule has 78 valence electrons. The molecule has 0 heterocycles. The Kier molecular flexibility index (Phi) is 5.40. The van der Waals surface area contributed by atoms with Gasteiger partial charge in [-0.05, 0) is 25.3 Å². The Bertz CT molecular complexity index is 117. The number of nitrogens with one attached hydrogen (secondary N) is 1. The summed E-state index contributed by atoms with van der Waals surface area (Å²) in [5.41, 5.74) is 0. The number of hydrogen-bond acceptors (Lipinski definition) is 2. The van der Waals surface area contributed by atoms with Crippen molar-refractivity contribution < 1.29 is 4.74 Å². The molecule has 0 spiro atoms. The maximum Gasteiger partial charge on any atom is 0.0615 e. The van der Waals surface area contributed by atoms with Crippen LogP contribution in [0.1, 0.15) is 39.0 Å². The molecule has 1 aliphatic carbocycles. The van der Waals surface area contributed by atoms with Crippen molar-refractivity contribution in [1.82, 2.24) is 5.32 Å². The highest BCUT2D eigenvalue weighted by Crippen LogP contribution is 2.31. The molecular formula is C11H23NO. The fraction of sp³-hybridized carbons (Fsp3) is 1.00. The topological polar surface area (TPSA) is 21.3 Å². The summed E-state index contributed by atoms with van der Waals surface area (Å²) in [7, 11) is 1.78. The first-order valence-electron chi connectivity index (χ1n) is 5.59. The van der Waals surface area contributed by atoms with Crippen molar-refractivity contribution in [3.63, 3.8) is 0 Å². The summed E-state index contributed by atoms with van der Waals surface area (Å²) in [5, 5.41) is 3.57. The standard InChI is InChI=1S/C11H23NO/c1-3-4-11(9-13-2)12-8-7-10-5-6-10/h10-12H,3-9H2,1-2H3. The van der Waals surface area contributed by atoms with Crippen molar-refractivity contribution in [2.45, 2.75) is 45.1 Å². The molecule has 1 saturated carbocycles. The van der Waals surface area contributed by atoms with Gasteiger partial charge in [0.15, 0.2) is 0 Å². The van der Waals surface area contributed by atoms with Crippen LogP contribution in [-0.2, 0) is 4.74 Å². The summed E-state index contributed by atoms with van der Waals surface area (Å²) in [6.07, 6.45) is 6.77. The predicted molar refractivity (Wildman–Crippen MR) is 55.9 cm³/mol. The maximum absolute atomic E-state index is 5.17. The minimum atomic E-state index is 0.578. The molecule has 0 aliphatic heterocycles. The summed E-state index contributed by atoms with van der Waals surface area (Å²) in [4.78, 5) is 0. The molecule has 1 fully saturated rings. The maximum atomic E-state index is 5.17. The Labute approximate surface area is 82.0 Å². The van der Waals surface area contributed by atoms with Crippen LogP contribution in [-0.4, -0.2) is 26.3 Å². The molecular weight excluding hydrogens is 162 g/mol. The Balaban J connectivity index is 1.98. The highest BCUT2D eigenvalue weighted by Gasteiger charge is 2.20. The van der Waals surface area contributed by atoms with Gasteiger partial charge >= 0.3 is 0 Å². The Morgan fingerprint density at radius 2 is 2.23 bits per heavy atom. The second-order valence-corrected chi connectivity index (χ2v) is 4.13. The fourth-order valence-corrected chi connectivity index (χ4v) is 1.69. The quantitative estimate of drug-likeness (QED) is 0.626. The van der Waals surface area contributed by atoms with Crippen molar-refractivity contribution in [3.8, 4) is 0 Å². The van der Waals surface area contributed by atoms with Crippen LogP contribution in [0.4, 0.5) is 0 Å². The van der Waals surface area contributed by atoms with Gasteiger partial charge in [-0.2, -0.15) is 0 Å². The highest BCUT2D eigenvalue weighted by atomic mass is 16.5. The van der Waals surface area contributed by atoms with Gasteiger partial charge in [0.1, 0.15) is 0 Å². The van der Waals surface area contributed by atoms with Gasteiger partial charge in [-0.25, -0.2) is 0 Å². The zero-order chi connectivity index (χ0) is 9.52. The largest absolute Gasteiger partial charge is 0.383 e. The third-order valence-electron chi connectivity index (χ3n) is 2.69. The Morgan fingerprint density at radius 3 is 2.77 bits per heavy atom. The summed E-state index contributed by atoms with van der Waals surface area (Å²) in [5.74, 6) is 1.04. The third kappa shape index (κ3) is 5.27. The molecule has 1 atom stereocenters. The first kappa shape index (κ1) is 11.0. The highest BCUT2D eigenvalue weighted by molar-refractivity contribution is 4.75. The smallest absolute Gasteiger partial charge is 0.0615 e. The molecule has 1 unspecified atom stereocenters. The molecule has 1 N–H and O–H groups in total. The number of hydrogen-bond donors (Lipinski definition) is 1. The average Bonchev–Trinajstić information content (AvgIpc) is 2.89. The van der Waals surface area contributed by atoms with E-state index in [9.17, 15) is 0 Å². The molecule has 13 heavy (non-hydrogen) atoms. The lowest BCUT2D eigenvalue weighted by molar-refractivity contribution is 0.161. The van der Waals surface area contributed by atoms with Crippen molar-refractivity contribution >= 4 is 0 Å². The van der Waals surface area contributed by atoms with Gasteiger partial charge in [-0.15, -0.1) is 0 Å². The molecule has 0 saturated heterocycles. The van der Waals surface area contributed by atoms with Gasteiger partial charge in [0.25, 0.3) is 0 Å². The van der Waals surface area contributed by atoms with Gasteiger partial charge in [0.2, 0.25) is 0 Å². The summed E-state index contributed by atoms with van der Waals surface area (Å²) in [6, 6.07) is 0.578. The van der Waals surface area contributed by atoms with Crippen molar-refractivity contribution in [2.75, 3.05) is 20.3 Å². The molecule has 2 nitrogen and oxygen atoms in total. The zero-order valence-corrected chi connectivity index (χ0v) is 9.01. The van der Waals surface area contributed by atoms with E-state index in [2.05, 4.69) is 12.2 Å². The molecule has 0 bridgehead atoms. The fourth-order valence-electron chi connectivity index (χ4n) is 1.69. The van der Waals surface area contributed by atoms with E-state index in [0.29, 0.717) is 6.04 Å². The summed E-state index contributed by atoms with van der Waals surface area (Å²) >= 11 is 0. The summed E-state index contributed by atoms with van der Waals surface area (Å²) in [6.45, 7) is 4.27. The van der Waals surface area contributed by atoms with Crippen molar-refractivity contribution in [2.24, 2.45) is 5.92 Å². The zero-order valence-electron chi connectivity index (χ0n) is 9.01. The van der Waals surface area contributed by atoms with E-state index in [-0.39, 0.29) is 0 Å². The Morgan fingerprint density at radius 1 is 1.46 bits per heavy atom. The second kappa shape index (κ2) is 6.39. The van der Waals surface area contributed by atoms with Crippen LogP contribution in [0.25, 0.3) is 0 Å². The van der Waals surface area contributed by atoms with E-state index in [4.69, 9.17) is 4.74 Å². The lowest BCUT2D eigenvalue weighted by Gasteiger charge is -2.16. The molecule has 1 aliphatic rings. The molecule has 0 aromatic heterocycles. The van der Waals surface area contributed by atoms with Crippen LogP contribution < -0.4 is 5.32 Å². The first-order valence-corrected chi connectivity index (χ1v) is 5.59. The predicted octanol–water partition coefficient (Wildman–Crippen LogP) is 2.19.